The van der Waals surface area contributed by atoms with E-state index in [1.54, 1.807) is 0 Å². The average molecular weight is 521 g/mol. The molecule has 0 radical (unpaired) electrons. The molecule has 1 atom stereocenters. The van der Waals surface area contributed by atoms with Gasteiger partial charge in [0.15, 0.2) is 10.7 Å². The average Bonchev–Trinajstić information content (AvgIpc) is 2.83. The first-order chi connectivity index (χ1) is 16.9. The fourth-order valence-corrected chi connectivity index (χ4v) is 5.64. The Balaban J connectivity index is 2.05. The molecule has 1 saturated heterocycles. The van der Waals surface area contributed by atoms with Gasteiger partial charge in [-0.25, -0.2) is 18.0 Å². The summed E-state index contributed by atoms with van der Waals surface area (Å²) in [7, 11) is -4.56. The molecule has 0 bridgehead atoms. The quantitative estimate of drug-likeness (QED) is 0.301. The van der Waals surface area contributed by atoms with Gasteiger partial charge in [-0.05, 0) is 31.5 Å². The van der Waals surface area contributed by atoms with E-state index in [0.29, 0.717) is 0 Å². The molecule has 36 heavy (non-hydrogen) atoms. The van der Waals surface area contributed by atoms with Gasteiger partial charge in [-0.3, -0.25) is 19.2 Å². The highest BCUT2D eigenvalue weighted by molar-refractivity contribution is 7.93. The van der Waals surface area contributed by atoms with Gasteiger partial charge in [0.25, 0.3) is 15.7 Å². The molecule has 0 spiro atoms. The number of carboxylic acid groups (broad SMARTS) is 2. The summed E-state index contributed by atoms with van der Waals surface area (Å²) in [6, 6.07) is 9.62. The lowest BCUT2D eigenvalue weighted by Crippen LogP contribution is -2.56. The van der Waals surface area contributed by atoms with E-state index >= 15 is 0 Å². The predicted octanol–water partition coefficient (Wildman–Crippen LogP) is 2.73. The fraction of sp³-hybridized carbons (Fsp3) is 0.318. The number of nitrogens with zero attached hydrogens (tertiary/aromatic N) is 4. The molecular formula is C22H24N4O9S. The summed E-state index contributed by atoms with van der Waals surface area (Å²) in [6.45, 7) is 0.666. The molecule has 0 saturated carbocycles. The number of nitro benzene ring substituents is 1. The van der Waals surface area contributed by atoms with Gasteiger partial charge in [-0.2, -0.15) is 0 Å². The van der Waals surface area contributed by atoms with Crippen LogP contribution in [-0.2, 0) is 10.0 Å². The number of benzene rings is 2. The van der Waals surface area contributed by atoms with Crippen LogP contribution in [0, 0.1) is 10.1 Å². The van der Waals surface area contributed by atoms with Gasteiger partial charge >= 0.3 is 12.2 Å². The van der Waals surface area contributed by atoms with E-state index in [0.717, 1.165) is 26.2 Å². The summed E-state index contributed by atoms with van der Waals surface area (Å²) in [5.41, 5.74) is -0.391. The zero-order valence-electron chi connectivity index (χ0n) is 19.2. The Hall–Kier alpha value is -4.20. The molecule has 3 rings (SSSR count). The van der Waals surface area contributed by atoms with E-state index in [1.807, 2.05) is 0 Å². The minimum absolute atomic E-state index is 0.0307. The van der Waals surface area contributed by atoms with E-state index in [1.165, 1.54) is 43.3 Å². The minimum atomic E-state index is -4.56. The molecule has 192 valence electrons. The van der Waals surface area contributed by atoms with E-state index in [9.17, 15) is 43.1 Å². The highest BCUT2D eigenvalue weighted by Crippen LogP contribution is 2.31. The van der Waals surface area contributed by atoms with Gasteiger partial charge in [-0.1, -0.05) is 24.3 Å². The van der Waals surface area contributed by atoms with Crippen molar-refractivity contribution in [2.45, 2.75) is 24.3 Å². The number of rotatable bonds is 8. The monoisotopic (exact) mass is 520 g/mol. The number of hydrogen-bond donors (Lipinski definition) is 2. The number of nitro groups is 1. The molecule has 2 amide bonds. The summed E-state index contributed by atoms with van der Waals surface area (Å²) in [5.74, 6) is -0.332. The summed E-state index contributed by atoms with van der Waals surface area (Å²) in [4.78, 5) is 47.3. The SMILES string of the molecule is CC(=O)c1cccc(N(CC[C@@H]2CN(C(=O)O)CCN2C(=O)O)S(=O)(=O)c2ccccc2[N+](=O)[O-])c1. The zero-order chi connectivity index (χ0) is 26.6. The van der Waals surface area contributed by atoms with Crippen molar-refractivity contribution in [1.82, 2.24) is 9.80 Å². The number of sulfonamides is 1. The highest BCUT2D eigenvalue weighted by Gasteiger charge is 2.36. The Labute approximate surface area is 206 Å². The summed E-state index contributed by atoms with van der Waals surface area (Å²) < 4.78 is 28.3. The van der Waals surface area contributed by atoms with Crippen LogP contribution in [0.2, 0.25) is 0 Å². The number of para-hydroxylation sites is 1. The maximum absolute atomic E-state index is 13.7. The summed E-state index contributed by atoms with van der Waals surface area (Å²) in [5, 5.41) is 30.4. The molecule has 1 aliphatic rings. The van der Waals surface area contributed by atoms with E-state index in [2.05, 4.69) is 0 Å². The second kappa shape index (κ2) is 10.6. The number of Topliss-reactive ketones (excluding diaryl/α,β-unsaturated/α-hetero) is 1. The number of carbonyl (C=O) groups is 3. The number of piperazine rings is 1. The molecule has 0 aliphatic carbocycles. The Morgan fingerprint density at radius 1 is 1.08 bits per heavy atom. The van der Waals surface area contributed by atoms with Crippen LogP contribution < -0.4 is 4.31 Å². The van der Waals surface area contributed by atoms with Crippen molar-refractivity contribution in [1.29, 1.82) is 0 Å². The van der Waals surface area contributed by atoms with Gasteiger partial charge in [0.2, 0.25) is 0 Å². The molecule has 2 N–H and O–H groups in total. The van der Waals surface area contributed by atoms with Gasteiger partial charge in [-0.15, -0.1) is 0 Å². The number of carbonyl (C=O) groups excluding carboxylic acids is 1. The predicted molar refractivity (Wildman–Crippen MR) is 127 cm³/mol. The normalized spacial score (nSPS) is 15.9. The van der Waals surface area contributed by atoms with Crippen molar-refractivity contribution >= 4 is 39.4 Å². The highest BCUT2D eigenvalue weighted by atomic mass is 32.2. The molecule has 0 unspecified atom stereocenters. The maximum Gasteiger partial charge on any atom is 0.407 e. The lowest BCUT2D eigenvalue weighted by molar-refractivity contribution is -0.387. The van der Waals surface area contributed by atoms with Gasteiger partial charge in [0.05, 0.1) is 16.7 Å². The molecule has 13 nitrogen and oxygen atoms in total. The molecule has 1 aliphatic heterocycles. The third-order valence-corrected chi connectivity index (χ3v) is 7.71. The summed E-state index contributed by atoms with van der Waals surface area (Å²) >= 11 is 0. The number of anilines is 1. The standard InChI is InChI=1S/C22H24N4O9S/c1-15(27)16-5-4-6-17(13-16)25(36(34,35)20-8-3-2-7-19(20)26(32)33)10-9-18-14-23(21(28)29)11-12-24(18)22(30)31/h2-8,13,18H,9-12,14H2,1H3,(H,28,29)(H,30,31)/t18-/m1/s1. The van der Waals surface area contributed by atoms with Crippen LogP contribution in [0.15, 0.2) is 53.4 Å². The maximum atomic E-state index is 13.7. The molecule has 2 aromatic carbocycles. The van der Waals surface area contributed by atoms with E-state index in [4.69, 9.17) is 0 Å². The topological polar surface area (TPSA) is 179 Å². The number of amides is 2. The van der Waals surface area contributed by atoms with Crippen LogP contribution in [0.3, 0.4) is 0 Å². The lowest BCUT2D eigenvalue weighted by Gasteiger charge is -2.39. The summed E-state index contributed by atoms with van der Waals surface area (Å²) in [6.07, 6.45) is -2.62. The molecule has 2 aromatic rings. The van der Waals surface area contributed by atoms with Gasteiger partial charge < -0.3 is 20.0 Å². The van der Waals surface area contributed by atoms with Gasteiger partial charge in [0.1, 0.15) is 0 Å². The van der Waals surface area contributed by atoms with Crippen LogP contribution in [0.5, 0.6) is 0 Å². The van der Waals surface area contributed by atoms with Crippen molar-refractivity contribution in [2.24, 2.45) is 0 Å². The fourth-order valence-electron chi connectivity index (χ4n) is 4.01. The first-order valence-corrected chi connectivity index (χ1v) is 12.2. The smallest absolute Gasteiger partial charge is 0.407 e. The largest absolute Gasteiger partial charge is 0.465 e. The van der Waals surface area contributed by atoms with Crippen molar-refractivity contribution in [3.63, 3.8) is 0 Å². The first-order valence-electron chi connectivity index (χ1n) is 10.8. The van der Waals surface area contributed by atoms with Crippen molar-refractivity contribution < 1.29 is 37.9 Å². The van der Waals surface area contributed by atoms with E-state index in [-0.39, 0.29) is 49.6 Å². The van der Waals surface area contributed by atoms with Crippen LogP contribution in [0.4, 0.5) is 21.0 Å². The lowest BCUT2D eigenvalue weighted by atomic mass is 10.1. The molecular weight excluding hydrogens is 496 g/mol. The second-order valence-corrected chi connectivity index (χ2v) is 9.89. The third kappa shape index (κ3) is 5.54. The van der Waals surface area contributed by atoms with E-state index < -0.39 is 43.8 Å². The third-order valence-electron chi connectivity index (χ3n) is 5.84. The Morgan fingerprint density at radius 2 is 1.78 bits per heavy atom. The van der Waals surface area contributed by atoms with Crippen molar-refractivity contribution in [3.8, 4) is 0 Å². The Morgan fingerprint density at radius 3 is 2.39 bits per heavy atom. The molecule has 0 aromatic heterocycles. The van der Waals surface area contributed by atoms with Crippen LogP contribution in [-0.4, -0.2) is 83.5 Å². The number of hydrogen-bond acceptors (Lipinski definition) is 7. The second-order valence-electron chi connectivity index (χ2n) is 8.06. The minimum Gasteiger partial charge on any atom is -0.465 e. The van der Waals surface area contributed by atoms with Gasteiger partial charge in [0, 0.05) is 37.8 Å². The molecule has 1 heterocycles. The molecule has 14 heteroatoms. The molecule has 1 fully saturated rings. The Bertz CT molecular complexity index is 1300. The first kappa shape index (κ1) is 26.4. The van der Waals surface area contributed by atoms with Crippen molar-refractivity contribution in [3.05, 3.63) is 64.2 Å². The van der Waals surface area contributed by atoms with Crippen LogP contribution in [0.1, 0.15) is 23.7 Å². The van der Waals surface area contributed by atoms with Crippen LogP contribution in [0.25, 0.3) is 0 Å². The van der Waals surface area contributed by atoms with Crippen LogP contribution >= 0.6 is 0 Å². The number of ketones is 1. The Kier molecular flexibility index (Phi) is 7.77. The zero-order valence-corrected chi connectivity index (χ0v) is 20.0. The van der Waals surface area contributed by atoms with Crippen molar-refractivity contribution in [2.75, 3.05) is 30.5 Å².